The Kier molecular flexibility index (Phi) is 6.92. The Bertz CT molecular complexity index is 1370. The first-order valence-corrected chi connectivity index (χ1v) is 12.9. The van der Waals surface area contributed by atoms with Crippen LogP contribution >= 0.6 is 0 Å². The molecule has 1 aromatic heterocycles. The van der Waals surface area contributed by atoms with E-state index >= 15 is 0 Å². The SMILES string of the molecule is CC1(C)CC(=O)C(=C(O)CCc2noc3c2C(=O)CC(c2ccccc2)C3)C(=NCc2ccccc2)C1. The van der Waals surface area contributed by atoms with Crippen molar-refractivity contribution in [3.63, 3.8) is 0 Å². The number of aliphatic hydroxyl groups is 1. The summed E-state index contributed by atoms with van der Waals surface area (Å²) < 4.78 is 5.58. The number of allylic oxidation sites excluding steroid dienone is 2. The minimum Gasteiger partial charge on any atom is -0.511 e. The lowest BCUT2D eigenvalue weighted by molar-refractivity contribution is -0.117. The molecule has 1 N–H and O–H groups in total. The van der Waals surface area contributed by atoms with Crippen LogP contribution in [0.3, 0.4) is 0 Å². The van der Waals surface area contributed by atoms with Crippen molar-refractivity contribution in [2.24, 2.45) is 10.4 Å². The molecule has 0 aliphatic heterocycles. The highest BCUT2D eigenvalue weighted by atomic mass is 16.5. The highest BCUT2D eigenvalue weighted by Gasteiger charge is 2.37. The summed E-state index contributed by atoms with van der Waals surface area (Å²) in [7, 11) is 0. The van der Waals surface area contributed by atoms with Gasteiger partial charge in [-0.1, -0.05) is 79.7 Å². The number of fused-ring (bicyclic) bond motifs is 1. The van der Waals surface area contributed by atoms with Gasteiger partial charge in [0.1, 0.15) is 11.5 Å². The molecule has 1 unspecified atom stereocenters. The number of Topliss-reactive ketones (excluding diaryl/α,β-unsaturated/α-hetero) is 2. The molecule has 37 heavy (non-hydrogen) atoms. The van der Waals surface area contributed by atoms with E-state index in [0.29, 0.717) is 67.0 Å². The first-order valence-electron chi connectivity index (χ1n) is 12.9. The Morgan fingerprint density at radius 2 is 1.70 bits per heavy atom. The molecule has 6 heteroatoms. The molecule has 1 heterocycles. The fraction of sp³-hybridized carbons (Fsp3) is 0.355. The number of aromatic nitrogens is 1. The van der Waals surface area contributed by atoms with Gasteiger partial charge in [0.2, 0.25) is 0 Å². The van der Waals surface area contributed by atoms with Gasteiger partial charge in [-0.25, -0.2) is 0 Å². The summed E-state index contributed by atoms with van der Waals surface area (Å²) in [5.41, 5.74) is 4.00. The van der Waals surface area contributed by atoms with Gasteiger partial charge in [-0.05, 0) is 28.9 Å². The van der Waals surface area contributed by atoms with Crippen LogP contribution in [0.4, 0.5) is 0 Å². The summed E-state index contributed by atoms with van der Waals surface area (Å²) >= 11 is 0. The number of hydrogen-bond donors (Lipinski definition) is 1. The number of carbonyl (C=O) groups excluding carboxylic acids is 2. The Balaban J connectivity index is 1.35. The molecule has 3 aromatic rings. The van der Waals surface area contributed by atoms with Gasteiger partial charge in [-0.3, -0.25) is 14.6 Å². The molecule has 0 spiro atoms. The molecule has 2 aliphatic carbocycles. The summed E-state index contributed by atoms with van der Waals surface area (Å²) in [5.74, 6) is 0.607. The molecule has 0 saturated heterocycles. The van der Waals surface area contributed by atoms with Crippen molar-refractivity contribution in [3.8, 4) is 0 Å². The number of benzene rings is 2. The lowest BCUT2D eigenvalue weighted by Crippen LogP contribution is -2.32. The van der Waals surface area contributed by atoms with Crippen LogP contribution < -0.4 is 0 Å². The summed E-state index contributed by atoms with van der Waals surface area (Å²) in [4.78, 5) is 30.9. The Hall–Kier alpha value is -3.80. The molecule has 2 aliphatic rings. The average Bonchev–Trinajstić information content (AvgIpc) is 3.30. The van der Waals surface area contributed by atoms with E-state index in [-0.39, 0.29) is 35.1 Å². The molecule has 190 valence electrons. The van der Waals surface area contributed by atoms with E-state index in [1.54, 1.807) is 0 Å². The predicted octanol–water partition coefficient (Wildman–Crippen LogP) is 6.36. The molecule has 0 radical (unpaired) electrons. The lowest BCUT2D eigenvalue weighted by atomic mass is 9.73. The highest BCUT2D eigenvalue weighted by molar-refractivity contribution is 6.24. The van der Waals surface area contributed by atoms with E-state index in [1.165, 1.54) is 0 Å². The molecule has 1 saturated carbocycles. The number of ketones is 2. The van der Waals surface area contributed by atoms with Gasteiger partial charge in [-0.15, -0.1) is 0 Å². The maximum absolute atomic E-state index is 13.1. The zero-order valence-electron chi connectivity index (χ0n) is 21.4. The summed E-state index contributed by atoms with van der Waals surface area (Å²) in [6.45, 7) is 4.55. The van der Waals surface area contributed by atoms with Crippen LogP contribution in [0.1, 0.15) is 78.4 Å². The van der Waals surface area contributed by atoms with Crippen molar-refractivity contribution in [3.05, 3.63) is 100 Å². The van der Waals surface area contributed by atoms with E-state index in [0.717, 1.165) is 11.1 Å². The van der Waals surface area contributed by atoms with Gasteiger partial charge in [0, 0.05) is 37.8 Å². The van der Waals surface area contributed by atoms with Gasteiger partial charge in [0.25, 0.3) is 0 Å². The molecule has 1 fully saturated rings. The molecular weight excluding hydrogens is 464 g/mol. The van der Waals surface area contributed by atoms with Crippen LogP contribution in [-0.4, -0.2) is 27.5 Å². The maximum atomic E-state index is 13.1. The lowest BCUT2D eigenvalue weighted by Gasteiger charge is -2.31. The molecule has 6 nitrogen and oxygen atoms in total. The predicted molar refractivity (Wildman–Crippen MR) is 142 cm³/mol. The zero-order valence-corrected chi connectivity index (χ0v) is 21.4. The van der Waals surface area contributed by atoms with Gasteiger partial charge in [-0.2, -0.15) is 0 Å². The van der Waals surface area contributed by atoms with Crippen LogP contribution in [0.25, 0.3) is 0 Å². The number of aryl methyl sites for hydroxylation is 1. The number of aliphatic imine (C=N–C) groups is 1. The van der Waals surface area contributed by atoms with Gasteiger partial charge >= 0.3 is 0 Å². The van der Waals surface area contributed by atoms with Crippen molar-refractivity contribution < 1.29 is 19.2 Å². The van der Waals surface area contributed by atoms with Gasteiger partial charge in [0.15, 0.2) is 11.6 Å². The average molecular weight is 497 g/mol. The van der Waals surface area contributed by atoms with E-state index < -0.39 is 0 Å². The monoisotopic (exact) mass is 496 g/mol. The first kappa shape index (κ1) is 24.9. The fourth-order valence-electron chi connectivity index (χ4n) is 5.45. The van der Waals surface area contributed by atoms with Crippen molar-refractivity contribution in [2.45, 2.75) is 64.8 Å². The van der Waals surface area contributed by atoms with Crippen molar-refractivity contribution in [1.29, 1.82) is 0 Å². The molecule has 1 atom stereocenters. The molecule has 0 amide bonds. The van der Waals surface area contributed by atoms with Crippen molar-refractivity contribution >= 4 is 17.3 Å². The third-order valence-corrected chi connectivity index (χ3v) is 7.28. The minimum atomic E-state index is -0.219. The largest absolute Gasteiger partial charge is 0.511 e. The van der Waals surface area contributed by atoms with Gasteiger partial charge in [0.05, 0.1) is 23.4 Å². The Labute approximate surface area is 217 Å². The maximum Gasteiger partial charge on any atom is 0.168 e. The minimum absolute atomic E-state index is 0.00878. The summed E-state index contributed by atoms with van der Waals surface area (Å²) in [6.07, 6.45) is 2.51. The molecular formula is C31H32N2O4. The zero-order chi connectivity index (χ0) is 26.0. The second kappa shape index (κ2) is 10.3. The van der Waals surface area contributed by atoms with Gasteiger partial charge < -0.3 is 9.63 Å². The van der Waals surface area contributed by atoms with Crippen LogP contribution in [0.2, 0.25) is 0 Å². The van der Waals surface area contributed by atoms with Crippen LogP contribution in [0.15, 0.2) is 81.5 Å². The second-order valence-corrected chi connectivity index (χ2v) is 10.9. The summed E-state index contributed by atoms with van der Waals surface area (Å²) in [6, 6.07) is 19.8. The van der Waals surface area contributed by atoms with Crippen LogP contribution in [0, 0.1) is 5.41 Å². The third kappa shape index (κ3) is 5.48. The smallest absolute Gasteiger partial charge is 0.168 e. The van der Waals surface area contributed by atoms with E-state index in [9.17, 15) is 14.7 Å². The quantitative estimate of drug-likeness (QED) is 0.316. The van der Waals surface area contributed by atoms with Crippen LogP contribution in [0.5, 0.6) is 0 Å². The third-order valence-electron chi connectivity index (χ3n) is 7.28. The first-order chi connectivity index (χ1) is 17.8. The normalized spacial score (nSPS) is 21.7. The Morgan fingerprint density at radius 3 is 2.43 bits per heavy atom. The topological polar surface area (TPSA) is 92.8 Å². The van der Waals surface area contributed by atoms with Crippen molar-refractivity contribution in [1.82, 2.24) is 5.16 Å². The number of hydrogen-bond acceptors (Lipinski definition) is 6. The van der Waals surface area contributed by atoms with E-state index in [1.807, 2.05) is 74.5 Å². The highest BCUT2D eigenvalue weighted by Crippen LogP contribution is 2.37. The standard InChI is InChI=1S/C31H32N2O4/c1-31(2)17-24(32-19-20-9-5-3-6-10-20)29(27(36)18-31)25(34)14-13-23-30-26(35)15-22(16-28(30)37-33-23)21-11-7-4-8-12-21/h3-12,22,34H,13-19H2,1-2H3. The van der Waals surface area contributed by atoms with Crippen LogP contribution in [-0.2, 0) is 24.2 Å². The number of carbonyl (C=O) groups is 2. The van der Waals surface area contributed by atoms with E-state index in [4.69, 9.17) is 9.52 Å². The molecule has 0 bridgehead atoms. The van der Waals surface area contributed by atoms with Crippen molar-refractivity contribution in [2.75, 3.05) is 0 Å². The van der Waals surface area contributed by atoms with E-state index in [2.05, 4.69) is 5.16 Å². The fourth-order valence-corrected chi connectivity index (χ4v) is 5.45. The number of aliphatic hydroxyl groups excluding tert-OH is 1. The summed E-state index contributed by atoms with van der Waals surface area (Å²) in [5, 5.41) is 15.3. The Morgan fingerprint density at radius 1 is 1.00 bits per heavy atom. The second-order valence-electron chi connectivity index (χ2n) is 10.9. The molecule has 2 aromatic carbocycles. The number of nitrogens with zero attached hydrogens (tertiary/aromatic N) is 2. The number of rotatable bonds is 6. The molecule has 5 rings (SSSR count).